The van der Waals surface area contributed by atoms with Gasteiger partial charge in [0.2, 0.25) is 0 Å². The molecule has 4 heteroatoms. The van der Waals surface area contributed by atoms with Gasteiger partial charge in [0.25, 0.3) is 0 Å². The Hall–Kier alpha value is -1.06. The SMILES string of the molecule is CC.Cc1ccc(F)c(CCC(F)(F)F)c1. The van der Waals surface area contributed by atoms with E-state index in [0.29, 0.717) is 0 Å². The maximum absolute atomic E-state index is 13.0. The predicted octanol–water partition coefficient (Wildman–Crippen LogP) is 4.66. The Bertz CT molecular complexity index is 315. The van der Waals surface area contributed by atoms with Crippen molar-refractivity contribution in [3.63, 3.8) is 0 Å². The van der Waals surface area contributed by atoms with Crippen LogP contribution >= 0.6 is 0 Å². The van der Waals surface area contributed by atoms with E-state index in [1.807, 2.05) is 13.8 Å². The third kappa shape index (κ3) is 5.73. The van der Waals surface area contributed by atoms with Gasteiger partial charge < -0.3 is 0 Å². The molecule has 0 N–H and O–H groups in total. The molecule has 0 nitrogen and oxygen atoms in total. The Morgan fingerprint density at radius 2 is 1.69 bits per heavy atom. The summed E-state index contributed by atoms with van der Waals surface area (Å²) in [5, 5.41) is 0. The van der Waals surface area contributed by atoms with Gasteiger partial charge in [-0.15, -0.1) is 0 Å². The minimum atomic E-state index is -4.23. The minimum Gasteiger partial charge on any atom is -0.207 e. The molecule has 0 aliphatic carbocycles. The van der Waals surface area contributed by atoms with E-state index in [1.165, 1.54) is 18.2 Å². The molecule has 0 aliphatic heterocycles. The van der Waals surface area contributed by atoms with Crippen LogP contribution in [0.25, 0.3) is 0 Å². The maximum Gasteiger partial charge on any atom is 0.389 e. The lowest BCUT2D eigenvalue weighted by Crippen LogP contribution is -2.09. The van der Waals surface area contributed by atoms with Gasteiger partial charge in [-0.2, -0.15) is 13.2 Å². The number of hydrogen-bond acceptors (Lipinski definition) is 0. The summed E-state index contributed by atoms with van der Waals surface area (Å²) in [6, 6.07) is 4.18. The first-order valence-corrected chi connectivity index (χ1v) is 5.20. The molecule has 0 radical (unpaired) electrons. The molecule has 0 saturated carbocycles. The highest BCUT2D eigenvalue weighted by atomic mass is 19.4. The molecule has 0 aromatic heterocycles. The van der Waals surface area contributed by atoms with Crippen molar-refractivity contribution in [2.75, 3.05) is 0 Å². The van der Waals surface area contributed by atoms with E-state index in [4.69, 9.17) is 0 Å². The Balaban J connectivity index is 0.00000106. The third-order valence-electron chi connectivity index (χ3n) is 1.88. The number of benzene rings is 1. The average molecular weight is 236 g/mol. The first kappa shape index (κ1) is 14.9. The standard InChI is InChI=1S/C10H10F4.C2H6/c1-7-2-3-9(11)8(6-7)4-5-10(12,13)14;1-2/h2-3,6H,4-5H2,1H3;1-2H3. The molecule has 0 heterocycles. The fourth-order valence-corrected chi connectivity index (χ4v) is 1.17. The predicted molar refractivity (Wildman–Crippen MR) is 56.9 cm³/mol. The van der Waals surface area contributed by atoms with Crippen molar-refractivity contribution in [2.45, 2.75) is 39.8 Å². The van der Waals surface area contributed by atoms with Crippen LogP contribution in [0.3, 0.4) is 0 Å². The average Bonchev–Trinajstić information content (AvgIpc) is 2.21. The molecule has 0 unspecified atom stereocenters. The summed E-state index contributed by atoms with van der Waals surface area (Å²) >= 11 is 0. The summed E-state index contributed by atoms with van der Waals surface area (Å²) < 4.78 is 48.5. The second-order valence-corrected chi connectivity index (χ2v) is 3.21. The van der Waals surface area contributed by atoms with Gasteiger partial charge >= 0.3 is 6.18 Å². The molecular weight excluding hydrogens is 220 g/mol. The first-order chi connectivity index (χ1) is 7.38. The number of alkyl halides is 3. The zero-order chi connectivity index (χ0) is 12.8. The van der Waals surface area contributed by atoms with Crippen molar-refractivity contribution in [1.82, 2.24) is 0 Å². The number of rotatable bonds is 2. The summed E-state index contributed by atoms with van der Waals surface area (Å²) in [6.45, 7) is 5.72. The molecule has 1 aromatic rings. The molecule has 1 rings (SSSR count). The molecule has 0 saturated heterocycles. The summed E-state index contributed by atoms with van der Waals surface area (Å²) in [5.41, 5.74) is 0.894. The van der Waals surface area contributed by atoms with Crippen molar-refractivity contribution >= 4 is 0 Å². The molecule has 16 heavy (non-hydrogen) atoms. The summed E-state index contributed by atoms with van der Waals surface area (Å²) in [4.78, 5) is 0. The zero-order valence-corrected chi connectivity index (χ0v) is 9.66. The normalized spacial score (nSPS) is 10.7. The van der Waals surface area contributed by atoms with E-state index >= 15 is 0 Å². The topological polar surface area (TPSA) is 0 Å². The molecule has 92 valence electrons. The summed E-state index contributed by atoms with van der Waals surface area (Å²) in [5.74, 6) is -0.570. The van der Waals surface area contributed by atoms with E-state index in [2.05, 4.69) is 0 Å². The van der Waals surface area contributed by atoms with Gasteiger partial charge in [0, 0.05) is 6.42 Å². The smallest absolute Gasteiger partial charge is 0.207 e. The van der Waals surface area contributed by atoms with E-state index < -0.39 is 18.4 Å². The molecule has 0 fully saturated rings. The number of halogens is 4. The monoisotopic (exact) mass is 236 g/mol. The van der Waals surface area contributed by atoms with Gasteiger partial charge in [-0.1, -0.05) is 31.5 Å². The minimum absolute atomic E-state index is 0.127. The number of hydrogen-bond donors (Lipinski definition) is 0. The van der Waals surface area contributed by atoms with Gasteiger partial charge in [-0.25, -0.2) is 4.39 Å². The van der Waals surface area contributed by atoms with Crippen molar-refractivity contribution in [2.24, 2.45) is 0 Å². The lowest BCUT2D eigenvalue weighted by atomic mass is 10.1. The highest BCUT2D eigenvalue weighted by Crippen LogP contribution is 2.23. The van der Waals surface area contributed by atoms with Crippen LogP contribution in [-0.2, 0) is 6.42 Å². The van der Waals surface area contributed by atoms with E-state index in [1.54, 1.807) is 6.92 Å². The lowest BCUT2D eigenvalue weighted by Gasteiger charge is -2.07. The third-order valence-corrected chi connectivity index (χ3v) is 1.88. The van der Waals surface area contributed by atoms with Crippen LogP contribution in [0.15, 0.2) is 18.2 Å². The van der Waals surface area contributed by atoms with Crippen LogP contribution in [-0.4, -0.2) is 6.18 Å². The molecule has 0 spiro atoms. The van der Waals surface area contributed by atoms with Crippen LogP contribution in [0.1, 0.15) is 31.4 Å². The van der Waals surface area contributed by atoms with Crippen LogP contribution in [0, 0.1) is 12.7 Å². The van der Waals surface area contributed by atoms with Crippen molar-refractivity contribution < 1.29 is 17.6 Å². The fraction of sp³-hybridized carbons (Fsp3) is 0.500. The molecule has 0 aliphatic rings. The van der Waals surface area contributed by atoms with Crippen LogP contribution in [0.4, 0.5) is 17.6 Å². The second-order valence-electron chi connectivity index (χ2n) is 3.21. The largest absolute Gasteiger partial charge is 0.389 e. The summed E-state index contributed by atoms with van der Waals surface area (Å²) in [6.07, 6.45) is -5.50. The van der Waals surface area contributed by atoms with Crippen molar-refractivity contribution in [3.8, 4) is 0 Å². The highest BCUT2D eigenvalue weighted by Gasteiger charge is 2.26. The van der Waals surface area contributed by atoms with Crippen LogP contribution < -0.4 is 0 Å². The quantitative estimate of drug-likeness (QED) is 0.655. The van der Waals surface area contributed by atoms with Gasteiger partial charge in [-0.05, 0) is 25.0 Å². The van der Waals surface area contributed by atoms with Crippen LogP contribution in [0.5, 0.6) is 0 Å². The molecule has 1 aromatic carbocycles. The maximum atomic E-state index is 13.0. The summed E-state index contributed by atoms with van der Waals surface area (Å²) in [7, 11) is 0. The second kappa shape index (κ2) is 6.51. The Morgan fingerprint density at radius 3 is 2.19 bits per heavy atom. The molecule has 0 atom stereocenters. The fourth-order valence-electron chi connectivity index (χ4n) is 1.17. The van der Waals surface area contributed by atoms with Gasteiger partial charge in [0.05, 0.1) is 0 Å². The van der Waals surface area contributed by atoms with Gasteiger partial charge in [-0.3, -0.25) is 0 Å². The van der Waals surface area contributed by atoms with E-state index in [0.717, 1.165) is 5.56 Å². The lowest BCUT2D eigenvalue weighted by molar-refractivity contribution is -0.134. The van der Waals surface area contributed by atoms with E-state index in [-0.39, 0.29) is 12.0 Å². The Kier molecular flexibility index (Phi) is 6.08. The van der Waals surface area contributed by atoms with Gasteiger partial charge in [0.15, 0.2) is 0 Å². The van der Waals surface area contributed by atoms with Gasteiger partial charge in [0.1, 0.15) is 5.82 Å². The van der Waals surface area contributed by atoms with E-state index in [9.17, 15) is 17.6 Å². The Labute approximate surface area is 93.3 Å². The van der Waals surface area contributed by atoms with Crippen LogP contribution in [0.2, 0.25) is 0 Å². The number of aryl methyl sites for hydroxylation is 2. The van der Waals surface area contributed by atoms with Crippen molar-refractivity contribution in [3.05, 3.63) is 35.1 Å². The Morgan fingerprint density at radius 1 is 1.12 bits per heavy atom. The first-order valence-electron chi connectivity index (χ1n) is 5.20. The molecule has 0 amide bonds. The molecule has 0 bridgehead atoms. The highest BCUT2D eigenvalue weighted by molar-refractivity contribution is 5.24. The van der Waals surface area contributed by atoms with Crippen molar-refractivity contribution in [1.29, 1.82) is 0 Å². The zero-order valence-electron chi connectivity index (χ0n) is 9.66. The molecular formula is C12H16F4.